The Balaban J connectivity index is 2.16. The molecule has 0 atom stereocenters. The molecule has 0 radical (unpaired) electrons. The maximum atomic E-state index is 12.8. The molecule has 3 heterocycles. The summed E-state index contributed by atoms with van der Waals surface area (Å²) in [5, 5.41) is 12.8. The lowest BCUT2D eigenvalue weighted by atomic mass is 10.2. The van der Waals surface area contributed by atoms with Gasteiger partial charge in [-0.1, -0.05) is 0 Å². The van der Waals surface area contributed by atoms with Crippen LogP contribution in [0.3, 0.4) is 0 Å². The highest BCUT2D eigenvalue weighted by Gasteiger charge is 2.37. The summed E-state index contributed by atoms with van der Waals surface area (Å²) in [5.74, 6) is -1.48. The molecule has 0 aromatic carbocycles. The van der Waals surface area contributed by atoms with Crippen LogP contribution in [0.25, 0.3) is 11.5 Å². The van der Waals surface area contributed by atoms with Crippen LogP contribution in [-0.4, -0.2) is 30.2 Å². The first-order valence-electron chi connectivity index (χ1n) is 5.69. The molecule has 0 saturated carbocycles. The molecular weight excluding hydrogens is 289 g/mol. The number of rotatable bonds is 2. The minimum Gasteiger partial charge on any atom is -0.478 e. The van der Waals surface area contributed by atoms with Crippen LogP contribution in [0.15, 0.2) is 36.9 Å². The van der Waals surface area contributed by atoms with Gasteiger partial charge in [-0.15, -0.1) is 0 Å². The van der Waals surface area contributed by atoms with Crippen LogP contribution in [0, 0.1) is 0 Å². The number of carbonyl (C=O) groups is 1. The molecule has 108 valence electrons. The standard InChI is InChI=1S/C12H7F3N4O2/c13-12(14,15)8-6-18(5-7(8)11(20)21)9-2-4-19-10(17-9)1-3-16-19/h1-6H,(H,20,21). The number of alkyl halides is 3. The largest absolute Gasteiger partial charge is 0.478 e. The summed E-state index contributed by atoms with van der Waals surface area (Å²) in [4.78, 5) is 15.0. The summed E-state index contributed by atoms with van der Waals surface area (Å²) in [6, 6.07) is 3.02. The number of aromatic carboxylic acids is 1. The van der Waals surface area contributed by atoms with Crippen LogP contribution < -0.4 is 0 Å². The van der Waals surface area contributed by atoms with E-state index >= 15 is 0 Å². The molecule has 0 fully saturated rings. The number of hydrogen-bond donors (Lipinski definition) is 1. The van der Waals surface area contributed by atoms with Crippen molar-refractivity contribution >= 4 is 11.6 Å². The molecule has 0 aliphatic carbocycles. The number of fused-ring (bicyclic) bond motifs is 1. The van der Waals surface area contributed by atoms with Crippen molar-refractivity contribution in [3.05, 3.63) is 48.0 Å². The van der Waals surface area contributed by atoms with E-state index in [4.69, 9.17) is 5.11 Å². The summed E-state index contributed by atoms with van der Waals surface area (Å²) >= 11 is 0. The Hall–Kier alpha value is -2.84. The van der Waals surface area contributed by atoms with Gasteiger partial charge in [-0.25, -0.2) is 14.3 Å². The Labute approximate surface area is 115 Å². The highest BCUT2D eigenvalue weighted by Crippen LogP contribution is 2.33. The Morgan fingerprint density at radius 2 is 2.00 bits per heavy atom. The van der Waals surface area contributed by atoms with Crippen molar-refractivity contribution in [3.8, 4) is 5.82 Å². The predicted molar refractivity (Wildman–Crippen MR) is 64.3 cm³/mol. The van der Waals surface area contributed by atoms with E-state index in [1.165, 1.54) is 23.0 Å². The fourth-order valence-electron chi connectivity index (χ4n) is 1.93. The predicted octanol–water partition coefficient (Wildman–Crippen LogP) is 2.24. The van der Waals surface area contributed by atoms with Gasteiger partial charge in [0.2, 0.25) is 0 Å². The zero-order valence-corrected chi connectivity index (χ0v) is 10.2. The summed E-state index contributed by atoms with van der Waals surface area (Å²) < 4.78 is 41.0. The zero-order valence-electron chi connectivity index (χ0n) is 10.2. The van der Waals surface area contributed by atoms with E-state index < -0.39 is 23.3 Å². The Morgan fingerprint density at radius 1 is 1.24 bits per heavy atom. The van der Waals surface area contributed by atoms with Crippen LogP contribution >= 0.6 is 0 Å². The molecule has 0 saturated heterocycles. The quantitative estimate of drug-likeness (QED) is 0.787. The van der Waals surface area contributed by atoms with Crippen molar-refractivity contribution in [2.24, 2.45) is 0 Å². The van der Waals surface area contributed by atoms with Gasteiger partial charge in [0.15, 0.2) is 5.65 Å². The highest BCUT2D eigenvalue weighted by atomic mass is 19.4. The average molecular weight is 296 g/mol. The topological polar surface area (TPSA) is 72.4 Å². The summed E-state index contributed by atoms with van der Waals surface area (Å²) in [6.07, 6.45) is -0.143. The molecule has 0 amide bonds. The molecule has 3 aromatic heterocycles. The number of aromatic nitrogens is 4. The van der Waals surface area contributed by atoms with Gasteiger partial charge in [0.1, 0.15) is 5.82 Å². The Kier molecular flexibility index (Phi) is 2.71. The van der Waals surface area contributed by atoms with Gasteiger partial charge in [0.25, 0.3) is 0 Å². The minimum atomic E-state index is -4.75. The van der Waals surface area contributed by atoms with Crippen molar-refractivity contribution in [2.45, 2.75) is 6.18 Å². The van der Waals surface area contributed by atoms with E-state index in [9.17, 15) is 18.0 Å². The third-order valence-corrected chi connectivity index (χ3v) is 2.87. The van der Waals surface area contributed by atoms with Gasteiger partial charge in [0.05, 0.1) is 17.3 Å². The van der Waals surface area contributed by atoms with Gasteiger partial charge < -0.3 is 9.67 Å². The SMILES string of the molecule is O=C(O)c1cn(-c2ccn3nccc3n2)cc1C(F)(F)F. The number of carboxylic acids is 1. The van der Waals surface area contributed by atoms with E-state index in [0.717, 1.165) is 10.8 Å². The second kappa shape index (κ2) is 4.33. The van der Waals surface area contributed by atoms with Crippen LogP contribution in [0.4, 0.5) is 13.2 Å². The van der Waals surface area contributed by atoms with E-state index in [0.29, 0.717) is 11.8 Å². The van der Waals surface area contributed by atoms with Crippen molar-refractivity contribution in [3.63, 3.8) is 0 Å². The molecule has 3 aromatic rings. The average Bonchev–Trinajstić information content (AvgIpc) is 3.03. The smallest absolute Gasteiger partial charge is 0.418 e. The van der Waals surface area contributed by atoms with Crippen LogP contribution in [0.1, 0.15) is 15.9 Å². The molecule has 0 spiro atoms. The molecule has 0 bridgehead atoms. The highest BCUT2D eigenvalue weighted by molar-refractivity contribution is 5.89. The van der Waals surface area contributed by atoms with Gasteiger partial charge >= 0.3 is 12.1 Å². The van der Waals surface area contributed by atoms with Crippen molar-refractivity contribution < 1.29 is 23.1 Å². The van der Waals surface area contributed by atoms with Gasteiger partial charge in [-0.2, -0.15) is 18.3 Å². The summed E-state index contributed by atoms with van der Waals surface area (Å²) in [7, 11) is 0. The maximum absolute atomic E-state index is 12.8. The number of hydrogen-bond acceptors (Lipinski definition) is 3. The first-order chi connectivity index (χ1) is 9.86. The normalized spacial score (nSPS) is 12.0. The fraction of sp³-hybridized carbons (Fsp3) is 0.0833. The Bertz CT molecular complexity index is 835. The zero-order chi connectivity index (χ0) is 15.2. The van der Waals surface area contributed by atoms with Crippen molar-refractivity contribution in [1.29, 1.82) is 0 Å². The van der Waals surface area contributed by atoms with Gasteiger partial charge in [0, 0.05) is 24.7 Å². The summed E-state index contributed by atoms with van der Waals surface area (Å²) in [6.45, 7) is 0. The second-order valence-corrected chi connectivity index (χ2v) is 4.22. The lowest BCUT2D eigenvalue weighted by molar-refractivity contribution is -0.138. The molecule has 6 nitrogen and oxygen atoms in total. The molecule has 21 heavy (non-hydrogen) atoms. The number of carboxylic acid groups (broad SMARTS) is 1. The van der Waals surface area contributed by atoms with Gasteiger partial charge in [-0.3, -0.25) is 0 Å². The molecule has 9 heteroatoms. The fourth-order valence-corrected chi connectivity index (χ4v) is 1.93. The first kappa shape index (κ1) is 13.2. The summed E-state index contributed by atoms with van der Waals surface area (Å²) in [5.41, 5.74) is -1.60. The van der Waals surface area contributed by atoms with E-state index in [-0.39, 0.29) is 5.82 Å². The third kappa shape index (κ3) is 2.22. The van der Waals surface area contributed by atoms with E-state index in [2.05, 4.69) is 10.1 Å². The lowest BCUT2D eigenvalue weighted by Crippen LogP contribution is -2.09. The minimum absolute atomic E-state index is 0.168. The molecule has 0 unspecified atom stereocenters. The monoisotopic (exact) mass is 296 g/mol. The van der Waals surface area contributed by atoms with Crippen molar-refractivity contribution in [2.75, 3.05) is 0 Å². The van der Waals surface area contributed by atoms with Crippen LogP contribution in [0.5, 0.6) is 0 Å². The lowest BCUT2D eigenvalue weighted by Gasteiger charge is -2.04. The molecule has 0 aliphatic rings. The second-order valence-electron chi connectivity index (χ2n) is 4.22. The van der Waals surface area contributed by atoms with Crippen LogP contribution in [-0.2, 0) is 6.18 Å². The molecule has 0 aliphatic heterocycles. The van der Waals surface area contributed by atoms with E-state index in [1.54, 1.807) is 6.07 Å². The van der Waals surface area contributed by atoms with E-state index in [1.807, 2.05) is 0 Å². The molecule has 1 N–H and O–H groups in total. The third-order valence-electron chi connectivity index (χ3n) is 2.87. The maximum Gasteiger partial charge on any atom is 0.418 e. The number of halogens is 3. The van der Waals surface area contributed by atoms with Gasteiger partial charge in [-0.05, 0) is 6.07 Å². The number of nitrogens with zero attached hydrogens (tertiary/aromatic N) is 4. The van der Waals surface area contributed by atoms with Crippen LogP contribution in [0.2, 0.25) is 0 Å². The molecular formula is C12H7F3N4O2. The first-order valence-corrected chi connectivity index (χ1v) is 5.69. The molecule has 3 rings (SSSR count). The van der Waals surface area contributed by atoms with Crippen molar-refractivity contribution in [1.82, 2.24) is 19.2 Å². The Morgan fingerprint density at radius 3 is 2.62 bits per heavy atom.